The van der Waals surface area contributed by atoms with Gasteiger partial charge >= 0.3 is 0 Å². The number of rotatable bonds is 6. The molecular weight excluding hydrogens is 218 g/mol. The molecule has 0 aromatic heterocycles. The van der Waals surface area contributed by atoms with Crippen molar-refractivity contribution in [1.29, 1.82) is 0 Å². The standard InChI is InChI=1S/C13H27NOS/c1-11(2)9-12(3)14-10-13(16-4)5-7-15-8-6-13/h11-12,14H,5-10H2,1-4H3. The van der Waals surface area contributed by atoms with Gasteiger partial charge in [-0.2, -0.15) is 11.8 Å². The van der Waals surface area contributed by atoms with Crippen molar-refractivity contribution in [2.45, 2.75) is 50.8 Å². The third kappa shape index (κ3) is 4.64. The summed E-state index contributed by atoms with van der Waals surface area (Å²) in [7, 11) is 0. The first-order valence-electron chi connectivity index (χ1n) is 6.44. The van der Waals surface area contributed by atoms with Gasteiger partial charge in [0.25, 0.3) is 0 Å². The van der Waals surface area contributed by atoms with Gasteiger partial charge in [-0.1, -0.05) is 13.8 Å². The second kappa shape index (κ2) is 6.87. The first-order valence-corrected chi connectivity index (χ1v) is 7.67. The number of hydrogen-bond donors (Lipinski definition) is 1. The van der Waals surface area contributed by atoms with Gasteiger partial charge in [-0.05, 0) is 38.4 Å². The molecule has 1 N–H and O–H groups in total. The van der Waals surface area contributed by atoms with Crippen molar-refractivity contribution >= 4 is 11.8 Å². The molecule has 1 saturated heterocycles. The van der Waals surface area contributed by atoms with Gasteiger partial charge in [-0.3, -0.25) is 0 Å². The molecule has 1 unspecified atom stereocenters. The number of thioether (sulfide) groups is 1. The third-order valence-corrected chi connectivity index (χ3v) is 4.85. The van der Waals surface area contributed by atoms with E-state index in [1.54, 1.807) is 0 Å². The molecule has 1 atom stereocenters. The summed E-state index contributed by atoms with van der Waals surface area (Å²) in [6.45, 7) is 9.87. The molecule has 0 radical (unpaired) electrons. The van der Waals surface area contributed by atoms with Crippen LogP contribution in [0.4, 0.5) is 0 Å². The third-order valence-electron chi connectivity index (χ3n) is 3.43. The molecule has 1 fully saturated rings. The lowest BCUT2D eigenvalue weighted by Crippen LogP contribution is -2.45. The van der Waals surface area contributed by atoms with E-state index >= 15 is 0 Å². The summed E-state index contributed by atoms with van der Waals surface area (Å²) in [5.41, 5.74) is 0. The highest BCUT2D eigenvalue weighted by atomic mass is 32.2. The highest BCUT2D eigenvalue weighted by Gasteiger charge is 2.31. The van der Waals surface area contributed by atoms with Gasteiger partial charge in [-0.15, -0.1) is 0 Å². The lowest BCUT2D eigenvalue weighted by atomic mass is 9.97. The fourth-order valence-corrected chi connectivity index (χ4v) is 3.15. The van der Waals surface area contributed by atoms with E-state index in [1.165, 1.54) is 19.3 Å². The topological polar surface area (TPSA) is 21.3 Å². The Labute approximate surface area is 105 Å². The van der Waals surface area contributed by atoms with Gasteiger partial charge < -0.3 is 10.1 Å². The summed E-state index contributed by atoms with van der Waals surface area (Å²) in [6.07, 6.45) is 5.88. The largest absolute Gasteiger partial charge is 0.381 e. The van der Waals surface area contributed by atoms with E-state index in [2.05, 4.69) is 32.3 Å². The van der Waals surface area contributed by atoms with Crippen molar-refractivity contribution in [2.24, 2.45) is 5.92 Å². The van der Waals surface area contributed by atoms with E-state index in [4.69, 9.17) is 4.74 Å². The molecular formula is C13H27NOS. The summed E-state index contributed by atoms with van der Waals surface area (Å²) < 4.78 is 5.88. The zero-order chi connectivity index (χ0) is 12.0. The summed E-state index contributed by atoms with van der Waals surface area (Å²) in [5.74, 6) is 0.780. The van der Waals surface area contributed by atoms with Gasteiger partial charge in [0, 0.05) is 30.5 Å². The lowest BCUT2D eigenvalue weighted by molar-refractivity contribution is 0.0764. The van der Waals surface area contributed by atoms with E-state index in [1.807, 2.05) is 11.8 Å². The van der Waals surface area contributed by atoms with Crippen LogP contribution in [0.1, 0.15) is 40.0 Å². The Morgan fingerprint density at radius 3 is 2.38 bits per heavy atom. The van der Waals surface area contributed by atoms with Crippen LogP contribution >= 0.6 is 11.8 Å². The average molecular weight is 245 g/mol. The second-order valence-corrected chi connectivity index (χ2v) is 6.69. The zero-order valence-corrected chi connectivity index (χ0v) is 12.0. The molecule has 0 saturated carbocycles. The average Bonchev–Trinajstić information content (AvgIpc) is 2.27. The molecule has 0 aromatic carbocycles. The van der Waals surface area contributed by atoms with Crippen LogP contribution < -0.4 is 5.32 Å². The molecule has 1 heterocycles. The van der Waals surface area contributed by atoms with Gasteiger partial charge in [0.05, 0.1) is 0 Å². The molecule has 16 heavy (non-hydrogen) atoms. The maximum atomic E-state index is 5.46. The van der Waals surface area contributed by atoms with E-state index < -0.39 is 0 Å². The highest BCUT2D eigenvalue weighted by Crippen LogP contribution is 2.33. The first-order chi connectivity index (χ1) is 7.58. The second-order valence-electron chi connectivity index (χ2n) is 5.41. The zero-order valence-electron chi connectivity index (χ0n) is 11.2. The van der Waals surface area contributed by atoms with Gasteiger partial charge in [-0.25, -0.2) is 0 Å². The number of ether oxygens (including phenoxy) is 1. The van der Waals surface area contributed by atoms with Crippen LogP contribution in [-0.2, 0) is 4.74 Å². The van der Waals surface area contributed by atoms with E-state index in [-0.39, 0.29) is 0 Å². The SMILES string of the molecule is CSC1(CNC(C)CC(C)C)CCOCC1. The maximum Gasteiger partial charge on any atom is 0.0479 e. The van der Waals surface area contributed by atoms with Crippen LogP contribution in [0.3, 0.4) is 0 Å². The Hall–Kier alpha value is 0.270. The quantitative estimate of drug-likeness (QED) is 0.777. The van der Waals surface area contributed by atoms with Crippen LogP contribution in [0.5, 0.6) is 0 Å². The highest BCUT2D eigenvalue weighted by molar-refractivity contribution is 8.00. The predicted octanol–water partition coefficient (Wildman–Crippen LogP) is 2.92. The smallest absolute Gasteiger partial charge is 0.0479 e. The van der Waals surface area contributed by atoms with Crippen LogP contribution in [0, 0.1) is 5.92 Å². The van der Waals surface area contributed by atoms with Crippen LogP contribution in [0.25, 0.3) is 0 Å². The summed E-state index contributed by atoms with van der Waals surface area (Å²) in [5, 5.41) is 3.70. The Morgan fingerprint density at radius 1 is 1.25 bits per heavy atom. The fourth-order valence-electron chi connectivity index (χ4n) is 2.35. The van der Waals surface area contributed by atoms with Crippen molar-refractivity contribution in [3.05, 3.63) is 0 Å². The van der Waals surface area contributed by atoms with Gasteiger partial charge in [0.1, 0.15) is 0 Å². The normalized spacial score (nSPS) is 22.3. The molecule has 0 spiro atoms. The van der Waals surface area contributed by atoms with Crippen LogP contribution in [0.2, 0.25) is 0 Å². The first kappa shape index (κ1) is 14.3. The molecule has 0 aliphatic carbocycles. The van der Waals surface area contributed by atoms with E-state index in [9.17, 15) is 0 Å². The molecule has 3 heteroatoms. The van der Waals surface area contributed by atoms with E-state index in [0.717, 1.165) is 25.7 Å². The minimum atomic E-state index is 0.420. The minimum Gasteiger partial charge on any atom is -0.381 e. The Bertz CT molecular complexity index is 190. The van der Waals surface area contributed by atoms with Crippen molar-refractivity contribution in [3.8, 4) is 0 Å². The maximum absolute atomic E-state index is 5.46. The molecule has 0 aromatic rings. The van der Waals surface area contributed by atoms with Crippen LogP contribution in [0.15, 0.2) is 0 Å². The number of nitrogens with one attached hydrogen (secondary N) is 1. The molecule has 1 aliphatic heterocycles. The predicted molar refractivity (Wildman–Crippen MR) is 73.2 cm³/mol. The molecule has 96 valence electrons. The lowest BCUT2D eigenvalue weighted by Gasteiger charge is -2.37. The summed E-state index contributed by atoms with van der Waals surface area (Å²) in [6, 6.07) is 0.631. The van der Waals surface area contributed by atoms with E-state index in [0.29, 0.717) is 10.8 Å². The Kier molecular flexibility index (Phi) is 6.16. The molecule has 2 nitrogen and oxygen atoms in total. The molecule has 0 bridgehead atoms. The molecule has 1 aliphatic rings. The molecule has 1 rings (SSSR count). The van der Waals surface area contributed by atoms with Crippen molar-refractivity contribution in [2.75, 3.05) is 26.0 Å². The fraction of sp³-hybridized carbons (Fsp3) is 1.00. The van der Waals surface area contributed by atoms with Crippen molar-refractivity contribution in [3.63, 3.8) is 0 Å². The summed E-state index contributed by atoms with van der Waals surface area (Å²) >= 11 is 2.01. The van der Waals surface area contributed by atoms with Gasteiger partial charge in [0.2, 0.25) is 0 Å². The van der Waals surface area contributed by atoms with Crippen molar-refractivity contribution in [1.82, 2.24) is 5.32 Å². The minimum absolute atomic E-state index is 0.420. The Morgan fingerprint density at radius 2 is 1.88 bits per heavy atom. The monoisotopic (exact) mass is 245 g/mol. The number of hydrogen-bond acceptors (Lipinski definition) is 3. The van der Waals surface area contributed by atoms with Crippen molar-refractivity contribution < 1.29 is 4.74 Å². The summed E-state index contributed by atoms with van der Waals surface area (Å²) in [4.78, 5) is 0. The molecule has 0 amide bonds. The van der Waals surface area contributed by atoms with Gasteiger partial charge in [0.15, 0.2) is 0 Å². The van der Waals surface area contributed by atoms with Crippen LogP contribution in [-0.4, -0.2) is 36.8 Å². The Balaban J connectivity index is 2.32.